The topological polar surface area (TPSA) is 29.5 Å². The van der Waals surface area contributed by atoms with E-state index >= 15 is 0 Å². The van der Waals surface area contributed by atoms with E-state index in [4.69, 9.17) is 4.74 Å². The molecule has 2 atom stereocenters. The number of carbonyl (C=O) groups excluding carboxylic acids is 1. The summed E-state index contributed by atoms with van der Waals surface area (Å²) in [5.74, 6) is -0.0838. The van der Waals surface area contributed by atoms with Crippen molar-refractivity contribution in [3.63, 3.8) is 0 Å². The summed E-state index contributed by atoms with van der Waals surface area (Å²) in [6.45, 7) is 1.50. The van der Waals surface area contributed by atoms with Crippen molar-refractivity contribution in [3.8, 4) is 0 Å². The van der Waals surface area contributed by atoms with Crippen molar-refractivity contribution < 1.29 is 22.7 Å². The number of nitrogens with zero attached hydrogens (tertiary/aromatic N) is 1. The van der Waals surface area contributed by atoms with Gasteiger partial charge in [0, 0.05) is 19.0 Å². The van der Waals surface area contributed by atoms with Crippen LogP contribution in [-0.2, 0) is 22.3 Å². The normalized spacial score (nSPS) is 20.7. The zero-order chi connectivity index (χ0) is 20.1. The Morgan fingerprint density at radius 2 is 1.79 bits per heavy atom. The molecule has 0 aromatic heterocycles. The van der Waals surface area contributed by atoms with Gasteiger partial charge in [-0.2, -0.15) is 13.2 Å². The number of hydrogen-bond donors (Lipinski definition) is 0. The Bertz CT molecular complexity index is 775. The summed E-state index contributed by atoms with van der Waals surface area (Å²) in [5, 5.41) is 0. The van der Waals surface area contributed by atoms with E-state index in [-0.39, 0.29) is 17.9 Å². The van der Waals surface area contributed by atoms with Crippen LogP contribution in [0.3, 0.4) is 0 Å². The Labute approximate surface area is 163 Å². The molecule has 0 aliphatic carbocycles. The molecule has 0 saturated carbocycles. The molecule has 2 aromatic rings. The molecule has 1 aliphatic heterocycles. The number of ether oxygens (including phenoxy) is 1. The molecule has 0 bridgehead atoms. The average molecular weight is 391 g/mol. The molecule has 28 heavy (non-hydrogen) atoms. The van der Waals surface area contributed by atoms with E-state index in [0.717, 1.165) is 42.8 Å². The van der Waals surface area contributed by atoms with Crippen LogP contribution in [0.1, 0.15) is 42.0 Å². The van der Waals surface area contributed by atoms with E-state index < -0.39 is 11.7 Å². The lowest BCUT2D eigenvalue weighted by molar-refractivity contribution is -0.142. The number of methoxy groups -OCH3 is 1. The zero-order valence-electron chi connectivity index (χ0n) is 15.8. The highest BCUT2D eigenvalue weighted by Gasteiger charge is 2.33. The van der Waals surface area contributed by atoms with Crippen LogP contribution in [0.5, 0.6) is 0 Å². The highest BCUT2D eigenvalue weighted by molar-refractivity contribution is 5.69. The van der Waals surface area contributed by atoms with Gasteiger partial charge in [-0.25, -0.2) is 0 Å². The molecule has 1 aliphatic rings. The lowest BCUT2D eigenvalue weighted by Gasteiger charge is -2.40. The van der Waals surface area contributed by atoms with Crippen LogP contribution in [0.4, 0.5) is 13.2 Å². The minimum absolute atomic E-state index is 0.0362. The molecule has 3 nitrogen and oxygen atoms in total. The molecule has 6 heteroatoms. The molecule has 0 N–H and O–H groups in total. The highest BCUT2D eigenvalue weighted by Crippen LogP contribution is 2.38. The van der Waals surface area contributed by atoms with E-state index in [9.17, 15) is 18.0 Å². The van der Waals surface area contributed by atoms with Crippen LogP contribution >= 0.6 is 0 Å². The van der Waals surface area contributed by atoms with Crippen molar-refractivity contribution in [1.82, 2.24) is 4.90 Å². The first-order chi connectivity index (χ1) is 13.4. The third-order valence-electron chi connectivity index (χ3n) is 5.36. The maximum absolute atomic E-state index is 12.9. The first-order valence-electron chi connectivity index (χ1n) is 9.38. The number of alkyl halides is 3. The molecule has 150 valence electrons. The van der Waals surface area contributed by atoms with Crippen molar-refractivity contribution >= 4 is 5.97 Å². The summed E-state index contributed by atoms with van der Waals surface area (Å²) >= 11 is 0. The predicted molar refractivity (Wildman–Crippen MR) is 100 cm³/mol. The maximum Gasteiger partial charge on any atom is 0.416 e. The standard InChI is InChI=1S/C22H24F3NO2/c1-28-21(27)14-17-11-12-26(15-16-5-3-2-4-6-16)20(13-17)18-7-9-19(10-8-18)22(23,24)25/h2-10,17,20H,11-15H2,1H3/t17-,20+/m1/s1. The van der Waals surface area contributed by atoms with Crippen LogP contribution in [0, 0.1) is 5.92 Å². The Kier molecular flexibility index (Phi) is 6.39. The minimum atomic E-state index is -4.35. The molecule has 0 spiro atoms. The molecule has 0 unspecified atom stereocenters. The molecular weight excluding hydrogens is 367 g/mol. The average Bonchev–Trinajstić information content (AvgIpc) is 2.69. The minimum Gasteiger partial charge on any atom is -0.469 e. The van der Waals surface area contributed by atoms with E-state index in [1.54, 1.807) is 12.1 Å². The van der Waals surface area contributed by atoms with Crippen molar-refractivity contribution in [3.05, 3.63) is 71.3 Å². The number of rotatable bonds is 5. The van der Waals surface area contributed by atoms with Gasteiger partial charge in [0.1, 0.15) is 0 Å². The van der Waals surface area contributed by atoms with Crippen LogP contribution in [0.25, 0.3) is 0 Å². The number of hydrogen-bond acceptors (Lipinski definition) is 3. The number of piperidine rings is 1. The van der Waals surface area contributed by atoms with Gasteiger partial charge in [0.25, 0.3) is 0 Å². The third-order valence-corrected chi connectivity index (χ3v) is 5.36. The van der Waals surface area contributed by atoms with Crippen LogP contribution in [0.2, 0.25) is 0 Å². The molecular formula is C22H24F3NO2. The Morgan fingerprint density at radius 3 is 2.39 bits per heavy atom. The largest absolute Gasteiger partial charge is 0.469 e. The van der Waals surface area contributed by atoms with Gasteiger partial charge in [0.05, 0.1) is 12.7 Å². The molecule has 0 amide bonds. The number of esters is 1. The molecule has 3 rings (SSSR count). The second kappa shape index (κ2) is 8.78. The van der Waals surface area contributed by atoms with Crippen LogP contribution < -0.4 is 0 Å². The van der Waals surface area contributed by atoms with Gasteiger partial charge in [-0.3, -0.25) is 9.69 Å². The molecule has 1 fully saturated rings. The molecule has 0 radical (unpaired) electrons. The van der Waals surface area contributed by atoms with E-state index in [0.29, 0.717) is 12.8 Å². The van der Waals surface area contributed by atoms with Gasteiger partial charge in [-0.05, 0) is 48.6 Å². The fourth-order valence-corrected chi connectivity index (χ4v) is 3.84. The van der Waals surface area contributed by atoms with Crippen molar-refractivity contribution in [2.24, 2.45) is 5.92 Å². The summed E-state index contributed by atoms with van der Waals surface area (Å²) in [6.07, 6.45) is -2.43. The molecule has 1 saturated heterocycles. The predicted octanol–water partition coefficient (Wildman–Crippen LogP) is 5.22. The van der Waals surface area contributed by atoms with Gasteiger partial charge < -0.3 is 4.74 Å². The quantitative estimate of drug-likeness (QED) is 0.655. The first kappa shape index (κ1) is 20.4. The number of likely N-dealkylation sites (tertiary alicyclic amines) is 1. The van der Waals surface area contributed by atoms with Gasteiger partial charge in [0.2, 0.25) is 0 Å². The SMILES string of the molecule is COC(=O)C[C@@H]1CCN(Cc2ccccc2)[C@H](c2ccc(C(F)(F)F)cc2)C1. The monoisotopic (exact) mass is 391 g/mol. The van der Waals surface area contributed by atoms with Gasteiger partial charge in [0.15, 0.2) is 0 Å². The van der Waals surface area contributed by atoms with Gasteiger partial charge in [-0.15, -0.1) is 0 Å². The van der Waals surface area contributed by atoms with Crippen LogP contribution in [0.15, 0.2) is 54.6 Å². The molecule has 1 heterocycles. The molecule has 2 aromatic carbocycles. The summed E-state index contributed by atoms with van der Waals surface area (Å²) < 4.78 is 43.5. The summed E-state index contributed by atoms with van der Waals surface area (Å²) in [6, 6.07) is 15.4. The summed E-state index contributed by atoms with van der Waals surface area (Å²) in [5.41, 5.74) is 1.36. The van der Waals surface area contributed by atoms with E-state index in [2.05, 4.69) is 4.90 Å². The van der Waals surface area contributed by atoms with Crippen molar-refractivity contribution in [1.29, 1.82) is 0 Å². The van der Waals surface area contributed by atoms with Gasteiger partial charge in [-0.1, -0.05) is 42.5 Å². The lowest BCUT2D eigenvalue weighted by atomic mass is 9.84. The smallest absolute Gasteiger partial charge is 0.416 e. The Balaban J connectivity index is 1.82. The maximum atomic E-state index is 12.9. The second-order valence-electron chi connectivity index (χ2n) is 7.26. The Hall–Kier alpha value is -2.34. The fraction of sp³-hybridized carbons (Fsp3) is 0.409. The lowest BCUT2D eigenvalue weighted by Crippen LogP contribution is -2.37. The first-order valence-corrected chi connectivity index (χ1v) is 9.38. The van der Waals surface area contributed by atoms with E-state index in [1.807, 2.05) is 30.3 Å². The van der Waals surface area contributed by atoms with Crippen LogP contribution in [-0.4, -0.2) is 24.5 Å². The highest BCUT2D eigenvalue weighted by atomic mass is 19.4. The number of benzene rings is 2. The summed E-state index contributed by atoms with van der Waals surface area (Å²) in [4.78, 5) is 14.0. The summed E-state index contributed by atoms with van der Waals surface area (Å²) in [7, 11) is 1.38. The van der Waals surface area contributed by atoms with Crippen molar-refractivity contribution in [2.45, 2.75) is 38.0 Å². The van der Waals surface area contributed by atoms with Gasteiger partial charge >= 0.3 is 12.1 Å². The third kappa shape index (κ3) is 5.13. The number of halogens is 3. The van der Waals surface area contributed by atoms with Crippen molar-refractivity contribution in [2.75, 3.05) is 13.7 Å². The zero-order valence-corrected chi connectivity index (χ0v) is 15.8. The Morgan fingerprint density at radius 1 is 1.11 bits per heavy atom. The van der Waals surface area contributed by atoms with E-state index in [1.165, 1.54) is 7.11 Å². The fourth-order valence-electron chi connectivity index (χ4n) is 3.84. The number of carbonyl (C=O) groups is 1. The second-order valence-corrected chi connectivity index (χ2v) is 7.26.